The fourth-order valence-corrected chi connectivity index (χ4v) is 1.12. The van der Waals surface area contributed by atoms with Gasteiger partial charge in [0.25, 0.3) is 0 Å². The van der Waals surface area contributed by atoms with Gasteiger partial charge in [0.05, 0.1) is 6.04 Å². The Labute approximate surface area is 76.3 Å². The van der Waals surface area contributed by atoms with Gasteiger partial charge < -0.3 is 5.73 Å². The van der Waals surface area contributed by atoms with Crippen LogP contribution in [0.2, 0.25) is 5.02 Å². The van der Waals surface area contributed by atoms with Gasteiger partial charge in [0.15, 0.2) is 0 Å². The molecular weight excluding hydrogens is 177 g/mol. The molecule has 0 aliphatic carbocycles. The molecular formula is C9H11ClFN. The molecule has 0 saturated heterocycles. The smallest absolute Gasteiger partial charge is 0.109 e. The standard InChI is InChI=1S/C9H11ClFN/c1-6-2-3-7(4-8(6)10)9(12)5-11/h2-4,9H,5,12H2,1H3. The average Bonchev–Trinajstić information content (AvgIpc) is 2.08. The van der Waals surface area contributed by atoms with E-state index in [0.29, 0.717) is 5.02 Å². The van der Waals surface area contributed by atoms with Gasteiger partial charge in [0, 0.05) is 5.02 Å². The van der Waals surface area contributed by atoms with Crippen LogP contribution in [0.4, 0.5) is 4.39 Å². The molecule has 1 aromatic rings. The largest absolute Gasteiger partial charge is 0.322 e. The first-order chi connectivity index (χ1) is 5.65. The van der Waals surface area contributed by atoms with Crippen molar-refractivity contribution < 1.29 is 4.39 Å². The van der Waals surface area contributed by atoms with Crippen LogP contribution in [0.1, 0.15) is 17.2 Å². The van der Waals surface area contributed by atoms with Gasteiger partial charge in [-0.25, -0.2) is 4.39 Å². The molecule has 0 heterocycles. The minimum absolute atomic E-state index is 0.553. The van der Waals surface area contributed by atoms with Crippen molar-refractivity contribution in [3.8, 4) is 0 Å². The van der Waals surface area contributed by atoms with Gasteiger partial charge in [0.1, 0.15) is 6.67 Å². The summed E-state index contributed by atoms with van der Waals surface area (Å²) >= 11 is 5.84. The van der Waals surface area contributed by atoms with E-state index < -0.39 is 12.7 Å². The maximum atomic E-state index is 12.1. The molecule has 1 nitrogen and oxygen atoms in total. The third kappa shape index (κ3) is 1.96. The van der Waals surface area contributed by atoms with Crippen molar-refractivity contribution in [2.45, 2.75) is 13.0 Å². The number of nitrogens with two attached hydrogens (primary N) is 1. The van der Waals surface area contributed by atoms with E-state index in [2.05, 4.69) is 0 Å². The number of halogens is 2. The summed E-state index contributed by atoms with van der Waals surface area (Å²) in [5.41, 5.74) is 7.20. The number of hydrogen-bond donors (Lipinski definition) is 1. The molecule has 0 spiro atoms. The van der Waals surface area contributed by atoms with Crippen LogP contribution < -0.4 is 5.73 Å². The Morgan fingerprint density at radius 2 is 2.25 bits per heavy atom. The second kappa shape index (κ2) is 3.87. The SMILES string of the molecule is Cc1ccc(C(N)CF)cc1Cl. The summed E-state index contributed by atoms with van der Waals surface area (Å²) in [5.74, 6) is 0. The minimum Gasteiger partial charge on any atom is -0.322 e. The highest BCUT2D eigenvalue weighted by Gasteiger charge is 2.05. The first-order valence-corrected chi connectivity index (χ1v) is 4.10. The summed E-state index contributed by atoms with van der Waals surface area (Å²) in [4.78, 5) is 0. The average molecular weight is 188 g/mol. The van der Waals surface area contributed by atoms with E-state index in [0.717, 1.165) is 11.1 Å². The molecule has 0 aromatic heterocycles. The monoisotopic (exact) mass is 187 g/mol. The second-order valence-electron chi connectivity index (χ2n) is 2.77. The van der Waals surface area contributed by atoms with Crippen molar-refractivity contribution in [2.24, 2.45) is 5.73 Å². The number of rotatable bonds is 2. The molecule has 0 amide bonds. The predicted molar refractivity (Wildman–Crippen MR) is 49.1 cm³/mol. The minimum atomic E-state index is -0.556. The zero-order valence-electron chi connectivity index (χ0n) is 6.85. The molecule has 1 atom stereocenters. The third-order valence-electron chi connectivity index (χ3n) is 1.79. The first-order valence-electron chi connectivity index (χ1n) is 3.72. The summed E-state index contributed by atoms with van der Waals surface area (Å²) in [6.07, 6.45) is 0. The normalized spacial score (nSPS) is 13.0. The molecule has 2 N–H and O–H groups in total. The quantitative estimate of drug-likeness (QED) is 0.757. The van der Waals surface area contributed by atoms with E-state index in [-0.39, 0.29) is 0 Å². The van der Waals surface area contributed by atoms with Gasteiger partial charge in [-0.15, -0.1) is 0 Å². The van der Waals surface area contributed by atoms with Crippen molar-refractivity contribution in [2.75, 3.05) is 6.67 Å². The van der Waals surface area contributed by atoms with E-state index in [9.17, 15) is 4.39 Å². The van der Waals surface area contributed by atoms with Crippen molar-refractivity contribution in [1.82, 2.24) is 0 Å². The fourth-order valence-electron chi connectivity index (χ4n) is 0.929. The van der Waals surface area contributed by atoms with Crippen LogP contribution in [0.25, 0.3) is 0 Å². The molecule has 0 aliphatic rings. The number of aryl methyl sites for hydroxylation is 1. The van der Waals surface area contributed by atoms with Gasteiger partial charge in [-0.1, -0.05) is 23.7 Å². The lowest BCUT2D eigenvalue weighted by Gasteiger charge is -2.08. The molecule has 3 heteroatoms. The molecule has 0 radical (unpaired) electrons. The van der Waals surface area contributed by atoms with Crippen LogP contribution in [-0.2, 0) is 0 Å². The highest BCUT2D eigenvalue weighted by Crippen LogP contribution is 2.20. The predicted octanol–water partition coefficient (Wildman–Crippen LogP) is 2.62. The molecule has 1 aromatic carbocycles. The van der Waals surface area contributed by atoms with Gasteiger partial charge in [-0.3, -0.25) is 0 Å². The van der Waals surface area contributed by atoms with E-state index in [1.54, 1.807) is 12.1 Å². The lowest BCUT2D eigenvalue weighted by Crippen LogP contribution is -2.11. The van der Waals surface area contributed by atoms with Crippen LogP contribution >= 0.6 is 11.6 Å². The van der Waals surface area contributed by atoms with Crippen molar-refractivity contribution in [1.29, 1.82) is 0 Å². The Morgan fingerprint density at radius 3 is 2.75 bits per heavy atom. The zero-order chi connectivity index (χ0) is 9.14. The fraction of sp³-hybridized carbons (Fsp3) is 0.333. The molecule has 66 valence electrons. The summed E-state index contributed by atoms with van der Waals surface area (Å²) in [7, 11) is 0. The molecule has 0 bridgehead atoms. The maximum Gasteiger partial charge on any atom is 0.109 e. The highest BCUT2D eigenvalue weighted by atomic mass is 35.5. The van der Waals surface area contributed by atoms with Gasteiger partial charge in [-0.2, -0.15) is 0 Å². The number of benzene rings is 1. The molecule has 0 fully saturated rings. The Balaban J connectivity index is 2.96. The van der Waals surface area contributed by atoms with Crippen LogP contribution in [0, 0.1) is 6.92 Å². The lowest BCUT2D eigenvalue weighted by molar-refractivity contribution is 0.437. The molecule has 1 unspecified atom stereocenters. The maximum absolute atomic E-state index is 12.1. The Bertz CT molecular complexity index is 275. The summed E-state index contributed by atoms with van der Waals surface area (Å²) in [6, 6.07) is 4.79. The summed E-state index contributed by atoms with van der Waals surface area (Å²) < 4.78 is 12.1. The first kappa shape index (κ1) is 9.49. The van der Waals surface area contributed by atoms with Gasteiger partial charge in [0.2, 0.25) is 0 Å². The van der Waals surface area contributed by atoms with Crippen molar-refractivity contribution in [3.63, 3.8) is 0 Å². The summed E-state index contributed by atoms with van der Waals surface area (Å²) in [5, 5.41) is 0.636. The van der Waals surface area contributed by atoms with Crippen LogP contribution in [0.3, 0.4) is 0 Å². The molecule has 12 heavy (non-hydrogen) atoms. The topological polar surface area (TPSA) is 26.0 Å². The van der Waals surface area contributed by atoms with Gasteiger partial charge >= 0.3 is 0 Å². The number of alkyl halides is 1. The molecule has 0 aliphatic heterocycles. The Hall–Kier alpha value is -0.600. The zero-order valence-corrected chi connectivity index (χ0v) is 7.61. The van der Waals surface area contributed by atoms with Crippen LogP contribution in [0.5, 0.6) is 0 Å². The van der Waals surface area contributed by atoms with E-state index in [1.807, 2.05) is 13.0 Å². The van der Waals surface area contributed by atoms with Crippen LogP contribution in [0.15, 0.2) is 18.2 Å². The van der Waals surface area contributed by atoms with E-state index >= 15 is 0 Å². The Kier molecular flexibility index (Phi) is 3.06. The van der Waals surface area contributed by atoms with Crippen molar-refractivity contribution >= 4 is 11.6 Å². The lowest BCUT2D eigenvalue weighted by atomic mass is 10.1. The highest BCUT2D eigenvalue weighted by molar-refractivity contribution is 6.31. The Morgan fingerprint density at radius 1 is 1.58 bits per heavy atom. The second-order valence-corrected chi connectivity index (χ2v) is 3.18. The van der Waals surface area contributed by atoms with E-state index in [4.69, 9.17) is 17.3 Å². The summed E-state index contributed by atoms with van der Waals surface area (Å²) in [6.45, 7) is 1.34. The third-order valence-corrected chi connectivity index (χ3v) is 2.20. The molecule has 0 saturated carbocycles. The molecule has 1 rings (SSSR count). The van der Waals surface area contributed by atoms with Crippen molar-refractivity contribution in [3.05, 3.63) is 34.3 Å². The van der Waals surface area contributed by atoms with Gasteiger partial charge in [-0.05, 0) is 24.1 Å². The number of hydrogen-bond acceptors (Lipinski definition) is 1. The van der Waals surface area contributed by atoms with E-state index in [1.165, 1.54) is 0 Å². The van der Waals surface area contributed by atoms with Crippen LogP contribution in [-0.4, -0.2) is 6.67 Å².